The van der Waals surface area contributed by atoms with Crippen molar-refractivity contribution < 1.29 is 9.21 Å². The lowest BCUT2D eigenvalue weighted by Gasteiger charge is -2.22. The van der Waals surface area contributed by atoms with Gasteiger partial charge in [-0.05, 0) is 44.7 Å². The van der Waals surface area contributed by atoms with Gasteiger partial charge in [-0.1, -0.05) is 0 Å². The summed E-state index contributed by atoms with van der Waals surface area (Å²) in [5.74, 6) is 1.34. The van der Waals surface area contributed by atoms with Crippen LogP contribution >= 0.6 is 0 Å². The largest absolute Gasteiger partial charge is 0.469 e. The van der Waals surface area contributed by atoms with Gasteiger partial charge in [0.2, 0.25) is 5.91 Å². The van der Waals surface area contributed by atoms with Crippen LogP contribution in [0.5, 0.6) is 0 Å². The smallest absolute Gasteiger partial charge is 0.220 e. The molecule has 2 aliphatic rings. The van der Waals surface area contributed by atoms with Crippen LogP contribution in [0, 0.1) is 0 Å². The second kappa shape index (κ2) is 5.78. The van der Waals surface area contributed by atoms with Crippen LogP contribution in [0.1, 0.15) is 55.9 Å². The molecule has 1 fully saturated rings. The maximum absolute atomic E-state index is 11.5. The quantitative estimate of drug-likeness (QED) is 0.773. The molecule has 104 valence electrons. The Morgan fingerprint density at radius 2 is 2.26 bits per heavy atom. The summed E-state index contributed by atoms with van der Waals surface area (Å²) in [6.07, 6.45) is 9.06. The highest BCUT2D eigenvalue weighted by atomic mass is 16.3. The zero-order valence-electron chi connectivity index (χ0n) is 11.3. The first-order valence-corrected chi connectivity index (χ1v) is 7.42. The Kier molecular flexibility index (Phi) is 3.87. The van der Waals surface area contributed by atoms with Gasteiger partial charge in [0.1, 0.15) is 5.76 Å². The highest BCUT2D eigenvalue weighted by molar-refractivity contribution is 5.76. The predicted octanol–water partition coefficient (Wildman–Crippen LogP) is 2.31. The van der Waals surface area contributed by atoms with E-state index in [1.54, 1.807) is 6.26 Å². The Hall–Kier alpha value is -1.29. The van der Waals surface area contributed by atoms with E-state index in [1.807, 2.05) is 0 Å². The molecule has 1 amide bonds. The van der Waals surface area contributed by atoms with Crippen molar-refractivity contribution in [3.05, 3.63) is 23.7 Å². The van der Waals surface area contributed by atoms with E-state index < -0.39 is 0 Å². The zero-order chi connectivity index (χ0) is 13.1. The number of carbonyl (C=O) groups is 1. The van der Waals surface area contributed by atoms with Crippen molar-refractivity contribution in [2.24, 2.45) is 0 Å². The van der Waals surface area contributed by atoms with Crippen molar-refractivity contribution in [1.29, 1.82) is 0 Å². The normalized spacial score (nSPS) is 22.0. The SMILES string of the molecule is O=C(CCCNC1CCCc2occc21)NC1CC1. The third kappa shape index (κ3) is 3.38. The molecule has 0 saturated heterocycles. The fraction of sp³-hybridized carbons (Fsp3) is 0.667. The third-order valence-electron chi connectivity index (χ3n) is 3.97. The summed E-state index contributed by atoms with van der Waals surface area (Å²) in [4.78, 5) is 11.5. The molecule has 4 nitrogen and oxygen atoms in total. The molecule has 0 bridgehead atoms. The minimum absolute atomic E-state index is 0.206. The van der Waals surface area contributed by atoms with E-state index in [0.29, 0.717) is 18.5 Å². The van der Waals surface area contributed by atoms with Crippen LogP contribution in [-0.4, -0.2) is 18.5 Å². The number of aryl methyl sites for hydroxylation is 1. The number of furan rings is 1. The molecule has 0 aliphatic heterocycles. The van der Waals surface area contributed by atoms with Crippen molar-refractivity contribution >= 4 is 5.91 Å². The Morgan fingerprint density at radius 3 is 3.11 bits per heavy atom. The summed E-state index contributed by atoms with van der Waals surface area (Å²) in [6.45, 7) is 0.896. The highest BCUT2D eigenvalue weighted by Crippen LogP contribution is 2.30. The van der Waals surface area contributed by atoms with Crippen LogP contribution in [-0.2, 0) is 11.2 Å². The van der Waals surface area contributed by atoms with E-state index in [0.717, 1.165) is 38.0 Å². The molecule has 2 N–H and O–H groups in total. The van der Waals surface area contributed by atoms with Gasteiger partial charge in [0.25, 0.3) is 0 Å². The van der Waals surface area contributed by atoms with Gasteiger partial charge in [-0.3, -0.25) is 4.79 Å². The molecule has 4 heteroatoms. The number of rotatable bonds is 6. The maximum atomic E-state index is 11.5. The standard InChI is InChI=1S/C15H22N2O2/c18-15(17-11-6-7-11)5-2-9-16-13-3-1-4-14-12(13)8-10-19-14/h8,10-11,13,16H,1-7,9H2,(H,17,18). The molecule has 0 radical (unpaired) electrons. The first kappa shape index (κ1) is 12.7. The van der Waals surface area contributed by atoms with Crippen molar-refractivity contribution in [3.63, 3.8) is 0 Å². The Labute approximate surface area is 113 Å². The Morgan fingerprint density at radius 1 is 1.37 bits per heavy atom. The summed E-state index contributed by atoms with van der Waals surface area (Å²) in [5.41, 5.74) is 1.31. The van der Waals surface area contributed by atoms with Crippen molar-refractivity contribution in [1.82, 2.24) is 10.6 Å². The van der Waals surface area contributed by atoms with Gasteiger partial charge < -0.3 is 15.1 Å². The van der Waals surface area contributed by atoms with Crippen LogP contribution in [0.3, 0.4) is 0 Å². The number of amides is 1. The molecule has 0 aromatic carbocycles. The lowest BCUT2D eigenvalue weighted by atomic mass is 9.93. The first-order chi connectivity index (χ1) is 9.33. The maximum Gasteiger partial charge on any atom is 0.220 e. The lowest BCUT2D eigenvalue weighted by molar-refractivity contribution is -0.121. The van der Waals surface area contributed by atoms with Crippen LogP contribution in [0.4, 0.5) is 0 Å². The Balaban J connectivity index is 1.37. The van der Waals surface area contributed by atoms with Crippen LogP contribution < -0.4 is 10.6 Å². The monoisotopic (exact) mass is 262 g/mol. The minimum atomic E-state index is 0.206. The summed E-state index contributed by atoms with van der Waals surface area (Å²) in [7, 11) is 0. The molecule has 0 spiro atoms. The van der Waals surface area contributed by atoms with E-state index >= 15 is 0 Å². The number of carbonyl (C=O) groups excluding carboxylic acids is 1. The molecule has 3 rings (SSSR count). The molecule has 1 heterocycles. The van der Waals surface area contributed by atoms with Gasteiger partial charge in [-0.15, -0.1) is 0 Å². The van der Waals surface area contributed by atoms with Gasteiger partial charge in [0.05, 0.1) is 6.26 Å². The fourth-order valence-electron chi connectivity index (χ4n) is 2.75. The summed E-state index contributed by atoms with van der Waals surface area (Å²) < 4.78 is 5.48. The van der Waals surface area contributed by atoms with E-state index in [9.17, 15) is 4.79 Å². The summed E-state index contributed by atoms with van der Waals surface area (Å²) in [6, 6.07) is 2.97. The van der Waals surface area contributed by atoms with Gasteiger partial charge in [0, 0.05) is 30.5 Å². The van der Waals surface area contributed by atoms with Crippen molar-refractivity contribution in [2.75, 3.05) is 6.54 Å². The topological polar surface area (TPSA) is 54.3 Å². The predicted molar refractivity (Wildman–Crippen MR) is 72.8 cm³/mol. The van der Waals surface area contributed by atoms with Gasteiger partial charge in [-0.2, -0.15) is 0 Å². The number of hydrogen-bond donors (Lipinski definition) is 2. The number of hydrogen-bond acceptors (Lipinski definition) is 3. The zero-order valence-corrected chi connectivity index (χ0v) is 11.3. The molecule has 2 aliphatic carbocycles. The highest BCUT2D eigenvalue weighted by Gasteiger charge is 2.23. The molecule has 1 saturated carbocycles. The van der Waals surface area contributed by atoms with Gasteiger partial charge >= 0.3 is 0 Å². The molecule has 1 atom stereocenters. The molecule has 1 aromatic rings. The van der Waals surface area contributed by atoms with Gasteiger partial charge in [0.15, 0.2) is 0 Å². The third-order valence-corrected chi connectivity index (χ3v) is 3.97. The molecule has 1 unspecified atom stereocenters. The lowest BCUT2D eigenvalue weighted by Crippen LogP contribution is -2.28. The van der Waals surface area contributed by atoms with E-state index in [2.05, 4.69) is 16.7 Å². The molecular formula is C15H22N2O2. The second-order valence-electron chi connectivity index (χ2n) is 5.64. The minimum Gasteiger partial charge on any atom is -0.469 e. The fourth-order valence-corrected chi connectivity index (χ4v) is 2.75. The van der Waals surface area contributed by atoms with Crippen molar-refractivity contribution in [3.8, 4) is 0 Å². The summed E-state index contributed by atoms with van der Waals surface area (Å²) >= 11 is 0. The number of nitrogens with one attached hydrogen (secondary N) is 2. The molecule has 1 aromatic heterocycles. The van der Waals surface area contributed by atoms with Crippen molar-refractivity contribution in [2.45, 2.75) is 57.0 Å². The average Bonchev–Trinajstić information content (AvgIpc) is 3.07. The molecule has 19 heavy (non-hydrogen) atoms. The van der Waals surface area contributed by atoms with Crippen LogP contribution in [0.25, 0.3) is 0 Å². The first-order valence-electron chi connectivity index (χ1n) is 7.42. The average molecular weight is 262 g/mol. The van der Waals surface area contributed by atoms with E-state index in [4.69, 9.17) is 4.42 Å². The van der Waals surface area contributed by atoms with Crippen LogP contribution in [0.15, 0.2) is 16.7 Å². The van der Waals surface area contributed by atoms with Gasteiger partial charge in [-0.25, -0.2) is 0 Å². The second-order valence-corrected chi connectivity index (χ2v) is 5.64. The summed E-state index contributed by atoms with van der Waals surface area (Å²) in [5, 5.41) is 6.57. The molecular weight excluding hydrogens is 240 g/mol. The van der Waals surface area contributed by atoms with E-state index in [1.165, 1.54) is 18.4 Å². The van der Waals surface area contributed by atoms with E-state index in [-0.39, 0.29) is 5.91 Å². The Bertz CT molecular complexity index is 437. The van der Waals surface area contributed by atoms with Crippen LogP contribution in [0.2, 0.25) is 0 Å². The number of fused-ring (bicyclic) bond motifs is 1.